The third-order valence-electron chi connectivity index (χ3n) is 6.92. The van der Waals surface area contributed by atoms with Crippen molar-refractivity contribution in [1.29, 1.82) is 0 Å². The molecule has 0 saturated heterocycles. The van der Waals surface area contributed by atoms with E-state index in [0.717, 1.165) is 12.8 Å². The lowest BCUT2D eigenvalue weighted by Crippen LogP contribution is -2.41. The van der Waals surface area contributed by atoms with Crippen LogP contribution in [0, 0.1) is 5.92 Å². The fourth-order valence-electron chi connectivity index (χ4n) is 5.69. The molecule has 0 saturated carbocycles. The molecular formula is C26H24O2. The van der Waals surface area contributed by atoms with Crippen LogP contribution in [0.2, 0.25) is 0 Å². The lowest BCUT2D eigenvalue weighted by Gasteiger charge is -2.43. The third-order valence-corrected chi connectivity index (χ3v) is 6.92. The second-order valence-corrected chi connectivity index (χ2v) is 8.31. The molecule has 0 bridgehead atoms. The summed E-state index contributed by atoms with van der Waals surface area (Å²) in [6.07, 6.45) is 6.91. The van der Waals surface area contributed by atoms with E-state index in [-0.39, 0.29) is 28.2 Å². The third kappa shape index (κ3) is 2.15. The maximum Gasteiger partial charge on any atom is 0.115 e. The van der Waals surface area contributed by atoms with Gasteiger partial charge in [-0.15, -0.1) is 0 Å². The summed E-state index contributed by atoms with van der Waals surface area (Å²) in [5.74, 6) is 0.816. The summed E-state index contributed by atoms with van der Waals surface area (Å²) in [5.41, 5.74) is 4.76. The lowest BCUT2D eigenvalue weighted by atomic mass is 9.58. The van der Waals surface area contributed by atoms with Crippen molar-refractivity contribution in [2.45, 2.75) is 30.6 Å². The SMILES string of the molecule is CC12CCC=CC1C(c1ccc(O)cc1)(c1ccc(O)cc1)c1ccccc12. The first kappa shape index (κ1) is 17.1. The predicted molar refractivity (Wildman–Crippen MR) is 112 cm³/mol. The Balaban J connectivity index is 1.90. The standard InChI is InChI=1S/C26H24O2/c1-25-17-5-4-8-24(25)26(18-9-13-20(27)14-10-18,19-11-15-21(28)16-12-19)23-7-3-2-6-22(23)25/h2-4,6-16,24,27-28H,5,17H2,1H3. The number of phenolic OH excluding ortho intramolecular Hbond substituents is 2. The molecule has 2 aliphatic carbocycles. The maximum absolute atomic E-state index is 9.92. The summed E-state index contributed by atoms with van der Waals surface area (Å²) >= 11 is 0. The Morgan fingerprint density at radius 3 is 1.86 bits per heavy atom. The molecule has 2 atom stereocenters. The minimum absolute atomic E-state index is 0.0428. The van der Waals surface area contributed by atoms with E-state index in [0.29, 0.717) is 0 Å². The molecule has 140 valence electrons. The molecule has 3 aromatic carbocycles. The van der Waals surface area contributed by atoms with E-state index >= 15 is 0 Å². The molecule has 0 aromatic heterocycles. The predicted octanol–water partition coefficient (Wildman–Crippen LogP) is 5.67. The molecule has 2 aliphatic rings. The molecule has 0 aliphatic heterocycles. The van der Waals surface area contributed by atoms with Gasteiger partial charge >= 0.3 is 0 Å². The quantitative estimate of drug-likeness (QED) is 0.572. The summed E-state index contributed by atoms with van der Waals surface area (Å²) in [4.78, 5) is 0. The molecule has 28 heavy (non-hydrogen) atoms. The minimum atomic E-state index is -0.357. The van der Waals surface area contributed by atoms with Crippen LogP contribution in [-0.2, 0) is 10.8 Å². The van der Waals surface area contributed by atoms with Crippen molar-refractivity contribution in [2.24, 2.45) is 5.92 Å². The molecule has 2 heteroatoms. The van der Waals surface area contributed by atoms with E-state index in [2.05, 4.69) is 43.3 Å². The van der Waals surface area contributed by atoms with Crippen molar-refractivity contribution in [3.8, 4) is 11.5 Å². The smallest absolute Gasteiger partial charge is 0.115 e. The lowest BCUT2D eigenvalue weighted by molar-refractivity contribution is 0.282. The van der Waals surface area contributed by atoms with Crippen LogP contribution in [0.15, 0.2) is 84.9 Å². The van der Waals surface area contributed by atoms with Crippen molar-refractivity contribution in [3.63, 3.8) is 0 Å². The van der Waals surface area contributed by atoms with E-state index in [1.54, 1.807) is 24.3 Å². The van der Waals surface area contributed by atoms with Gasteiger partial charge in [0.2, 0.25) is 0 Å². The summed E-state index contributed by atoms with van der Waals surface area (Å²) in [6.45, 7) is 2.39. The van der Waals surface area contributed by atoms with Gasteiger partial charge in [-0.25, -0.2) is 0 Å². The number of fused-ring (bicyclic) bond motifs is 3. The Morgan fingerprint density at radius 2 is 1.29 bits per heavy atom. The van der Waals surface area contributed by atoms with Crippen molar-refractivity contribution < 1.29 is 10.2 Å². The maximum atomic E-state index is 9.92. The first-order valence-electron chi connectivity index (χ1n) is 9.92. The van der Waals surface area contributed by atoms with Gasteiger partial charge in [0.1, 0.15) is 11.5 Å². The van der Waals surface area contributed by atoms with Gasteiger partial charge < -0.3 is 10.2 Å². The molecule has 3 aromatic rings. The zero-order valence-electron chi connectivity index (χ0n) is 16.0. The Labute approximate surface area is 165 Å². The van der Waals surface area contributed by atoms with Gasteiger partial charge in [0, 0.05) is 11.3 Å². The van der Waals surface area contributed by atoms with Gasteiger partial charge in [0.15, 0.2) is 0 Å². The van der Waals surface area contributed by atoms with Crippen LogP contribution in [0.25, 0.3) is 0 Å². The van der Waals surface area contributed by atoms with Crippen LogP contribution < -0.4 is 0 Å². The van der Waals surface area contributed by atoms with Gasteiger partial charge in [-0.05, 0) is 59.4 Å². The van der Waals surface area contributed by atoms with Crippen molar-refractivity contribution in [2.75, 3.05) is 0 Å². The van der Waals surface area contributed by atoms with E-state index in [1.807, 2.05) is 24.3 Å². The zero-order chi connectivity index (χ0) is 19.4. The van der Waals surface area contributed by atoms with Gasteiger partial charge in [-0.2, -0.15) is 0 Å². The molecule has 2 N–H and O–H groups in total. The number of rotatable bonds is 2. The number of allylic oxidation sites excluding steroid dienone is 2. The molecule has 0 radical (unpaired) electrons. The fourth-order valence-corrected chi connectivity index (χ4v) is 5.69. The largest absolute Gasteiger partial charge is 0.508 e. The van der Waals surface area contributed by atoms with Crippen LogP contribution in [0.4, 0.5) is 0 Å². The summed E-state index contributed by atoms with van der Waals surface area (Å²) in [6, 6.07) is 24.1. The molecule has 0 fully saturated rings. The number of aromatic hydroxyl groups is 2. The fraction of sp³-hybridized carbons (Fsp3) is 0.231. The highest BCUT2D eigenvalue weighted by Crippen LogP contribution is 2.63. The molecule has 5 rings (SSSR count). The van der Waals surface area contributed by atoms with Crippen molar-refractivity contribution in [1.82, 2.24) is 0 Å². The number of phenols is 2. The molecule has 0 heterocycles. The highest BCUT2D eigenvalue weighted by molar-refractivity contribution is 5.63. The number of benzene rings is 3. The Bertz CT molecular complexity index is 1000. The van der Waals surface area contributed by atoms with Crippen LogP contribution in [0.3, 0.4) is 0 Å². The van der Waals surface area contributed by atoms with Crippen LogP contribution in [0.1, 0.15) is 42.0 Å². The van der Waals surface area contributed by atoms with Crippen LogP contribution in [-0.4, -0.2) is 10.2 Å². The van der Waals surface area contributed by atoms with E-state index < -0.39 is 0 Å². The number of hydrogen-bond donors (Lipinski definition) is 2. The molecule has 0 spiro atoms. The van der Waals surface area contributed by atoms with Crippen molar-refractivity contribution in [3.05, 3.63) is 107 Å². The Hall–Kier alpha value is -3.00. The molecule has 0 amide bonds. The number of hydrogen-bond acceptors (Lipinski definition) is 2. The van der Waals surface area contributed by atoms with Gasteiger partial charge in [0.25, 0.3) is 0 Å². The zero-order valence-corrected chi connectivity index (χ0v) is 16.0. The summed E-state index contributed by atoms with van der Waals surface area (Å²) in [5, 5.41) is 19.8. The average Bonchev–Trinajstić information content (AvgIpc) is 2.96. The van der Waals surface area contributed by atoms with Crippen molar-refractivity contribution >= 4 is 0 Å². The average molecular weight is 368 g/mol. The summed E-state index contributed by atoms with van der Waals surface area (Å²) < 4.78 is 0. The van der Waals surface area contributed by atoms with Gasteiger partial charge in [-0.3, -0.25) is 0 Å². The monoisotopic (exact) mass is 368 g/mol. The van der Waals surface area contributed by atoms with E-state index in [9.17, 15) is 10.2 Å². The Morgan fingerprint density at radius 1 is 0.750 bits per heavy atom. The second-order valence-electron chi connectivity index (χ2n) is 8.31. The van der Waals surface area contributed by atoms with Gasteiger partial charge in [0.05, 0.1) is 5.41 Å². The molecular weight excluding hydrogens is 344 g/mol. The normalized spacial score (nSPS) is 24.5. The first-order valence-corrected chi connectivity index (χ1v) is 9.92. The van der Waals surface area contributed by atoms with E-state index in [1.165, 1.54) is 22.3 Å². The highest BCUT2D eigenvalue weighted by Gasteiger charge is 2.58. The molecule has 2 nitrogen and oxygen atoms in total. The van der Waals surface area contributed by atoms with Crippen LogP contribution >= 0.6 is 0 Å². The highest BCUT2D eigenvalue weighted by atomic mass is 16.3. The van der Waals surface area contributed by atoms with E-state index in [4.69, 9.17) is 0 Å². The Kier molecular flexibility index (Phi) is 3.67. The van der Waals surface area contributed by atoms with Crippen LogP contribution in [0.5, 0.6) is 11.5 Å². The topological polar surface area (TPSA) is 40.5 Å². The summed E-state index contributed by atoms with van der Waals surface area (Å²) in [7, 11) is 0. The first-order chi connectivity index (χ1) is 13.6. The minimum Gasteiger partial charge on any atom is -0.508 e. The molecule has 2 unspecified atom stereocenters. The van der Waals surface area contributed by atoms with Gasteiger partial charge in [-0.1, -0.05) is 67.6 Å². The second kappa shape index (κ2) is 6.00.